The second-order valence-electron chi connectivity index (χ2n) is 7.39. The third-order valence-corrected chi connectivity index (χ3v) is 5.50. The number of benzene rings is 4. The van der Waals surface area contributed by atoms with Gasteiger partial charge in [-0.1, -0.05) is 48.5 Å². The van der Waals surface area contributed by atoms with E-state index < -0.39 is 0 Å². The number of hydrogen-bond acceptors (Lipinski definition) is 3. The second-order valence-corrected chi connectivity index (χ2v) is 7.39. The molecular formula is C27H19N3O. The van der Waals surface area contributed by atoms with Gasteiger partial charge in [-0.25, -0.2) is 4.68 Å². The molecule has 0 aliphatic heterocycles. The monoisotopic (exact) mass is 401 g/mol. The first kappa shape index (κ1) is 17.5. The van der Waals surface area contributed by atoms with Gasteiger partial charge in [0.2, 0.25) is 0 Å². The summed E-state index contributed by atoms with van der Waals surface area (Å²) in [6.45, 7) is 0. The number of nitrogens with zero attached hydrogens (tertiary/aromatic N) is 3. The first-order chi connectivity index (χ1) is 15.4. The van der Waals surface area contributed by atoms with Gasteiger partial charge >= 0.3 is 0 Å². The zero-order chi connectivity index (χ0) is 20.6. The van der Waals surface area contributed by atoms with Crippen LogP contribution in [-0.2, 0) is 0 Å². The van der Waals surface area contributed by atoms with Crippen molar-refractivity contribution in [2.75, 3.05) is 4.90 Å². The summed E-state index contributed by atoms with van der Waals surface area (Å²) in [5, 5.41) is 6.54. The molecule has 0 radical (unpaired) electrons. The van der Waals surface area contributed by atoms with Gasteiger partial charge in [0.05, 0.1) is 0 Å². The molecular weight excluding hydrogens is 382 g/mol. The van der Waals surface area contributed by atoms with Crippen LogP contribution in [0, 0.1) is 0 Å². The first-order valence-electron chi connectivity index (χ1n) is 10.2. The standard InChI is InChI=1S/C27H19N3O/c1-3-9-20(10-4-1)30(21-11-5-2-6-12-21)22-15-16-26-24(19-22)23-13-7-14-25(27(23)31-26)29-18-8-17-28-29/h1-19H. The Bertz CT molecular complexity index is 1430. The largest absolute Gasteiger partial charge is 0.454 e. The van der Waals surface area contributed by atoms with Gasteiger partial charge in [-0.15, -0.1) is 0 Å². The van der Waals surface area contributed by atoms with Crippen LogP contribution in [0.25, 0.3) is 27.6 Å². The lowest BCUT2D eigenvalue weighted by Gasteiger charge is -2.25. The van der Waals surface area contributed by atoms with Crippen LogP contribution in [0.2, 0.25) is 0 Å². The fourth-order valence-corrected chi connectivity index (χ4v) is 4.10. The molecule has 4 nitrogen and oxygen atoms in total. The molecule has 6 rings (SSSR count). The maximum Gasteiger partial charge on any atom is 0.161 e. The Balaban J connectivity index is 1.57. The van der Waals surface area contributed by atoms with Crippen LogP contribution >= 0.6 is 0 Å². The summed E-state index contributed by atoms with van der Waals surface area (Å²) in [5.41, 5.74) is 5.93. The number of hydrogen-bond donors (Lipinski definition) is 0. The molecule has 0 fully saturated rings. The average Bonchev–Trinajstić information content (AvgIpc) is 3.49. The molecule has 0 atom stereocenters. The van der Waals surface area contributed by atoms with Crippen LogP contribution in [0.15, 0.2) is 120 Å². The predicted molar refractivity (Wildman–Crippen MR) is 126 cm³/mol. The lowest BCUT2D eigenvalue weighted by atomic mass is 10.1. The first-order valence-corrected chi connectivity index (χ1v) is 10.2. The average molecular weight is 401 g/mol. The van der Waals surface area contributed by atoms with Gasteiger partial charge in [-0.05, 0) is 54.6 Å². The summed E-state index contributed by atoms with van der Waals surface area (Å²) in [5.74, 6) is 0. The summed E-state index contributed by atoms with van der Waals surface area (Å²) in [6.07, 6.45) is 3.71. The smallest absolute Gasteiger partial charge is 0.161 e. The van der Waals surface area contributed by atoms with Gasteiger partial charge in [0, 0.05) is 40.2 Å². The molecule has 0 aliphatic carbocycles. The van der Waals surface area contributed by atoms with E-state index >= 15 is 0 Å². The summed E-state index contributed by atoms with van der Waals surface area (Å²) in [6, 6.07) is 35.3. The topological polar surface area (TPSA) is 34.2 Å². The maximum atomic E-state index is 6.27. The molecule has 6 aromatic rings. The van der Waals surface area contributed by atoms with E-state index in [9.17, 15) is 0 Å². The van der Waals surface area contributed by atoms with Crippen molar-refractivity contribution in [3.63, 3.8) is 0 Å². The quantitative estimate of drug-likeness (QED) is 0.312. The summed E-state index contributed by atoms with van der Waals surface area (Å²) in [7, 11) is 0. The molecule has 2 heterocycles. The Hall–Kier alpha value is -4.31. The molecule has 0 N–H and O–H groups in total. The van der Waals surface area contributed by atoms with Crippen molar-refractivity contribution in [1.82, 2.24) is 9.78 Å². The van der Waals surface area contributed by atoms with Gasteiger partial charge in [-0.3, -0.25) is 0 Å². The van der Waals surface area contributed by atoms with Crippen molar-refractivity contribution in [2.45, 2.75) is 0 Å². The van der Waals surface area contributed by atoms with E-state index in [2.05, 4.69) is 82.8 Å². The number of aromatic nitrogens is 2. The number of fused-ring (bicyclic) bond motifs is 3. The Labute approximate surface area is 179 Å². The minimum atomic E-state index is 0.837. The Morgan fingerprint density at radius 2 is 1.39 bits per heavy atom. The van der Waals surface area contributed by atoms with Crippen molar-refractivity contribution in [3.8, 4) is 5.69 Å². The van der Waals surface area contributed by atoms with Crippen LogP contribution in [0.3, 0.4) is 0 Å². The molecule has 0 saturated carbocycles. The summed E-state index contributed by atoms with van der Waals surface area (Å²) in [4.78, 5) is 2.26. The van der Waals surface area contributed by atoms with Gasteiger partial charge in [0.15, 0.2) is 5.58 Å². The van der Waals surface area contributed by atoms with Crippen molar-refractivity contribution in [1.29, 1.82) is 0 Å². The van der Waals surface area contributed by atoms with Crippen molar-refractivity contribution < 1.29 is 4.42 Å². The van der Waals surface area contributed by atoms with E-state index in [0.29, 0.717) is 0 Å². The third-order valence-electron chi connectivity index (χ3n) is 5.50. The second kappa shape index (κ2) is 7.18. The number of furan rings is 1. The van der Waals surface area contributed by atoms with E-state index in [1.54, 1.807) is 6.20 Å². The lowest BCUT2D eigenvalue weighted by Crippen LogP contribution is -2.09. The van der Waals surface area contributed by atoms with Crippen molar-refractivity contribution in [2.24, 2.45) is 0 Å². The Morgan fingerprint density at radius 3 is 2.06 bits per heavy atom. The van der Waals surface area contributed by atoms with Gasteiger partial charge in [-0.2, -0.15) is 5.10 Å². The molecule has 0 spiro atoms. The van der Waals surface area contributed by atoms with Crippen LogP contribution in [0.1, 0.15) is 0 Å². The normalized spacial score (nSPS) is 11.2. The van der Waals surface area contributed by atoms with E-state index in [-0.39, 0.29) is 0 Å². The maximum absolute atomic E-state index is 6.27. The Kier molecular flexibility index (Phi) is 4.06. The lowest BCUT2D eigenvalue weighted by molar-refractivity contribution is 0.662. The molecule has 31 heavy (non-hydrogen) atoms. The molecule has 0 saturated heterocycles. The molecule has 0 unspecified atom stereocenters. The van der Waals surface area contributed by atoms with E-state index in [1.807, 2.05) is 41.2 Å². The van der Waals surface area contributed by atoms with Crippen LogP contribution < -0.4 is 4.90 Å². The fourth-order valence-electron chi connectivity index (χ4n) is 4.10. The van der Waals surface area contributed by atoms with Crippen molar-refractivity contribution >= 4 is 39.0 Å². The summed E-state index contributed by atoms with van der Waals surface area (Å²) < 4.78 is 8.11. The van der Waals surface area contributed by atoms with Crippen LogP contribution in [0.5, 0.6) is 0 Å². The Morgan fingerprint density at radius 1 is 0.645 bits per heavy atom. The van der Waals surface area contributed by atoms with Crippen LogP contribution in [-0.4, -0.2) is 9.78 Å². The molecule has 0 aliphatic rings. The summed E-state index contributed by atoms with van der Waals surface area (Å²) >= 11 is 0. The van der Waals surface area contributed by atoms with Gasteiger partial charge in [0.1, 0.15) is 11.3 Å². The van der Waals surface area contributed by atoms with Gasteiger partial charge < -0.3 is 9.32 Å². The van der Waals surface area contributed by atoms with Gasteiger partial charge in [0.25, 0.3) is 0 Å². The highest BCUT2D eigenvalue weighted by molar-refractivity contribution is 6.08. The highest BCUT2D eigenvalue weighted by Crippen LogP contribution is 2.39. The third kappa shape index (κ3) is 2.97. The molecule has 0 amide bonds. The highest BCUT2D eigenvalue weighted by atomic mass is 16.3. The molecule has 148 valence electrons. The van der Waals surface area contributed by atoms with E-state index in [4.69, 9.17) is 4.42 Å². The number of anilines is 3. The highest BCUT2D eigenvalue weighted by Gasteiger charge is 2.16. The van der Waals surface area contributed by atoms with E-state index in [0.717, 1.165) is 44.7 Å². The van der Waals surface area contributed by atoms with Crippen molar-refractivity contribution in [3.05, 3.63) is 116 Å². The minimum Gasteiger partial charge on any atom is -0.454 e. The number of para-hydroxylation sites is 3. The predicted octanol–water partition coefficient (Wildman–Crippen LogP) is 7.24. The van der Waals surface area contributed by atoms with E-state index in [1.165, 1.54) is 0 Å². The zero-order valence-corrected chi connectivity index (χ0v) is 16.7. The molecule has 4 aromatic carbocycles. The fraction of sp³-hybridized carbons (Fsp3) is 0. The zero-order valence-electron chi connectivity index (χ0n) is 16.7. The molecule has 4 heteroatoms. The molecule has 2 aromatic heterocycles. The number of rotatable bonds is 4. The van der Waals surface area contributed by atoms with Crippen LogP contribution in [0.4, 0.5) is 17.1 Å². The minimum absolute atomic E-state index is 0.837. The SMILES string of the molecule is c1ccc(N(c2ccccc2)c2ccc3oc4c(-n5cccn5)cccc4c3c2)cc1. The molecule has 0 bridgehead atoms.